The van der Waals surface area contributed by atoms with Gasteiger partial charge in [-0.05, 0) is 223 Å². The molecule has 6 aliphatic rings. The van der Waals surface area contributed by atoms with Crippen LogP contribution >= 0.6 is 0 Å². The molecule has 0 fully saturated rings. The fraction of sp³-hybridized carbons (Fsp3) is 0.465. The van der Waals surface area contributed by atoms with E-state index in [0.717, 1.165) is 79.5 Å². The average Bonchev–Trinajstić information content (AvgIpc) is 3.88. The molecule has 0 saturated heterocycles. The monoisotopic (exact) mass is 1010 g/mol. The first-order valence-corrected chi connectivity index (χ1v) is 29.1. The van der Waals surface area contributed by atoms with E-state index in [0.29, 0.717) is 5.56 Å². The molecule has 4 aliphatic carbocycles. The second kappa shape index (κ2) is 15.6. The molecular weight excluding hydrogens is 927 g/mol. The van der Waals surface area contributed by atoms with Crippen LogP contribution in [0.2, 0.25) is 0 Å². The van der Waals surface area contributed by atoms with Crippen LogP contribution < -0.4 is 26.4 Å². The van der Waals surface area contributed by atoms with Gasteiger partial charge >= 0.3 is 0 Å². The first kappa shape index (κ1) is 50.0. The van der Waals surface area contributed by atoms with Crippen LogP contribution in [0.1, 0.15) is 212 Å². The number of halogens is 1. The SMILES string of the molecule is Cc1cc2c3c(c1)N(c1ccc4c(c1)C(C)(C)CCC4(C)C)c1c(oc4cc5c(cc14)C(C)(C)CCC5(C)C)B3c1cc3c(cc1N2c1cc2c(cc1-c1ccccc1F)C(C)(C)CCC2(C)C)C(C)(C)CCC3(C)C. The summed E-state index contributed by atoms with van der Waals surface area (Å²) < 4.78 is 24.8. The van der Waals surface area contributed by atoms with Gasteiger partial charge in [0.25, 0.3) is 6.71 Å². The smallest absolute Gasteiger partial charge is 0.297 e. The highest BCUT2D eigenvalue weighted by Gasteiger charge is 2.51. The van der Waals surface area contributed by atoms with Crippen LogP contribution in [0.25, 0.3) is 22.1 Å². The topological polar surface area (TPSA) is 19.6 Å². The van der Waals surface area contributed by atoms with Gasteiger partial charge in [-0.15, -0.1) is 0 Å². The molecule has 0 spiro atoms. The lowest BCUT2D eigenvalue weighted by Crippen LogP contribution is -2.61. The van der Waals surface area contributed by atoms with Gasteiger partial charge in [-0.25, -0.2) is 4.39 Å². The number of hydrogen-bond acceptors (Lipinski definition) is 3. The Morgan fingerprint density at radius 1 is 0.421 bits per heavy atom. The van der Waals surface area contributed by atoms with E-state index < -0.39 is 0 Å². The van der Waals surface area contributed by atoms with Crippen LogP contribution in [0.5, 0.6) is 0 Å². The number of hydrogen-bond donors (Lipinski definition) is 0. The molecule has 7 aromatic rings. The summed E-state index contributed by atoms with van der Waals surface area (Å²) in [6.07, 6.45) is 8.94. The van der Waals surface area contributed by atoms with Gasteiger partial charge in [-0.3, -0.25) is 0 Å². The number of benzene rings is 6. The standard InChI is InChI=1S/C71H82BFN2O/c1-41-32-58-61-59(33-41)75(56-38-51-48(66(6,7)26-29-69(51,12)13)35-44(56)43-20-18-19-21-55(43)73)57-39-52-50(68(10,11)28-30-70(52,14)15)37-54(57)72(61)63-62(45-36-49-53(40-60(45)76-63)71(16,17)31-27-67(49,8)9)74(58)42-22-23-46-47(34-42)65(4,5)25-24-64(46,2)3/h18-23,32-40H,24-31H2,1-17H3. The zero-order valence-corrected chi connectivity index (χ0v) is 49.1. The number of nitrogens with zero attached hydrogens (tertiary/aromatic N) is 2. The van der Waals surface area contributed by atoms with Crippen LogP contribution in [-0.4, -0.2) is 6.71 Å². The first-order chi connectivity index (χ1) is 35.4. The van der Waals surface area contributed by atoms with Gasteiger partial charge in [0.15, 0.2) is 0 Å². The molecule has 6 aromatic carbocycles. The van der Waals surface area contributed by atoms with Gasteiger partial charge in [0, 0.05) is 39.3 Å². The van der Waals surface area contributed by atoms with Crippen LogP contribution in [-0.2, 0) is 43.3 Å². The van der Waals surface area contributed by atoms with Crippen LogP contribution in [0.15, 0.2) is 95.4 Å². The van der Waals surface area contributed by atoms with Gasteiger partial charge in [-0.2, -0.15) is 0 Å². The van der Waals surface area contributed by atoms with Crippen molar-refractivity contribution in [3.05, 3.63) is 147 Å². The van der Waals surface area contributed by atoms with E-state index in [4.69, 9.17) is 4.42 Å². The third kappa shape index (κ3) is 7.03. The molecule has 0 bridgehead atoms. The second-order valence-corrected chi connectivity index (χ2v) is 30.2. The third-order valence-corrected chi connectivity index (χ3v) is 21.2. The fourth-order valence-electron chi connectivity index (χ4n) is 15.7. The molecule has 76 heavy (non-hydrogen) atoms. The van der Waals surface area contributed by atoms with Crippen molar-refractivity contribution in [3.63, 3.8) is 0 Å². The quantitative estimate of drug-likeness (QED) is 0.164. The Kier molecular flexibility index (Phi) is 10.3. The Bertz CT molecular complexity index is 3670. The molecule has 0 unspecified atom stereocenters. The number of fused-ring (bicyclic) bond motifs is 10. The number of anilines is 6. The van der Waals surface area contributed by atoms with E-state index in [-0.39, 0.29) is 55.8 Å². The zero-order chi connectivity index (χ0) is 54.0. The Hall–Kier alpha value is -5.55. The van der Waals surface area contributed by atoms with Crippen molar-refractivity contribution in [1.29, 1.82) is 0 Å². The average molecular weight is 1010 g/mol. The molecule has 3 heterocycles. The van der Waals surface area contributed by atoms with Crippen molar-refractivity contribution in [3.8, 4) is 11.1 Å². The largest absolute Gasteiger partial charge is 0.468 e. The molecule has 0 N–H and O–H groups in total. The predicted molar refractivity (Wildman–Crippen MR) is 322 cm³/mol. The Morgan fingerprint density at radius 3 is 1.42 bits per heavy atom. The van der Waals surface area contributed by atoms with Crippen LogP contribution in [0.4, 0.5) is 38.5 Å². The molecule has 3 nitrogen and oxygen atoms in total. The number of rotatable bonds is 3. The number of aryl methyl sites for hydroxylation is 1. The summed E-state index contributed by atoms with van der Waals surface area (Å²) in [6, 6.07) is 34.9. The molecule has 392 valence electrons. The molecular formula is C71H82BFN2O. The van der Waals surface area contributed by atoms with Crippen molar-refractivity contribution in [2.75, 3.05) is 9.80 Å². The van der Waals surface area contributed by atoms with Crippen molar-refractivity contribution < 1.29 is 8.81 Å². The summed E-state index contributed by atoms with van der Waals surface area (Å²) in [6.45, 7) is 41.1. The summed E-state index contributed by atoms with van der Waals surface area (Å²) in [5.41, 5.74) is 25.3. The first-order valence-electron chi connectivity index (χ1n) is 29.1. The van der Waals surface area contributed by atoms with E-state index in [1.165, 1.54) is 89.1 Å². The Balaban J connectivity index is 1.20. The molecule has 13 rings (SSSR count). The Morgan fingerprint density at radius 2 is 0.868 bits per heavy atom. The van der Waals surface area contributed by atoms with Crippen LogP contribution in [0, 0.1) is 12.7 Å². The Labute approximate surface area is 455 Å². The lowest BCUT2D eigenvalue weighted by atomic mass is 9.35. The summed E-state index contributed by atoms with van der Waals surface area (Å²) in [5, 5.41) is 1.19. The molecule has 0 saturated carbocycles. The highest BCUT2D eigenvalue weighted by atomic mass is 19.1. The van der Waals surface area contributed by atoms with E-state index >= 15 is 4.39 Å². The third-order valence-electron chi connectivity index (χ3n) is 21.2. The second-order valence-electron chi connectivity index (χ2n) is 30.2. The van der Waals surface area contributed by atoms with Crippen molar-refractivity contribution in [2.24, 2.45) is 0 Å². The van der Waals surface area contributed by atoms with E-state index in [1.54, 1.807) is 6.07 Å². The van der Waals surface area contributed by atoms with E-state index in [1.807, 2.05) is 18.2 Å². The minimum Gasteiger partial charge on any atom is -0.468 e. The van der Waals surface area contributed by atoms with Gasteiger partial charge in [0.2, 0.25) is 0 Å². The maximum Gasteiger partial charge on any atom is 0.297 e. The lowest BCUT2D eigenvalue weighted by molar-refractivity contribution is 0.332. The molecule has 5 heteroatoms. The fourth-order valence-corrected chi connectivity index (χ4v) is 15.7. The summed E-state index contributed by atoms with van der Waals surface area (Å²) in [4.78, 5) is 5.23. The van der Waals surface area contributed by atoms with E-state index in [2.05, 4.69) is 194 Å². The predicted octanol–water partition coefficient (Wildman–Crippen LogP) is 18.0. The maximum absolute atomic E-state index is 17.0. The van der Waals surface area contributed by atoms with Gasteiger partial charge < -0.3 is 14.2 Å². The minimum atomic E-state index is -0.211. The lowest BCUT2D eigenvalue weighted by Gasteiger charge is -2.48. The van der Waals surface area contributed by atoms with Crippen molar-refractivity contribution in [1.82, 2.24) is 0 Å². The van der Waals surface area contributed by atoms with Gasteiger partial charge in [-0.1, -0.05) is 141 Å². The number of furan rings is 1. The summed E-state index contributed by atoms with van der Waals surface area (Å²) >= 11 is 0. The van der Waals surface area contributed by atoms with Crippen molar-refractivity contribution in [2.45, 2.75) is 212 Å². The summed E-state index contributed by atoms with van der Waals surface area (Å²) in [7, 11) is 0. The zero-order valence-electron chi connectivity index (χ0n) is 49.1. The highest BCUT2D eigenvalue weighted by Crippen LogP contribution is 2.57. The maximum atomic E-state index is 17.0. The molecule has 0 radical (unpaired) electrons. The molecule has 1 aromatic heterocycles. The molecule has 0 amide bonds. The minimum absolute atomic E-state index is 0.00844. The van der Waals surface area contributed by atoms with Gasteiger partial charge in [0.1, 0.15) is 11.4 Å². The molecule has 0 atom stereocenters. The normalized spacial score (nSPS) is 21.9. The van der Waals surface area contributed by atoms with E-state index in [9.17, 15) is 0 Å². The molecule has 2 aliphatic heterocycles. The van der Waals surface area contributed by atoms with Crippen LogP contribution in [0.3, 0.4) is 0 Å². The highest BCUT2D eigenvalue weighted by molar-refractivity contribution is 7.00. The summed E-state index contributed by atoms with van der Waals surface area (Å²) in [5.74, 6) is -0.197. The van der Waals surface area contributed by atoms with Crippen molar-refractivity contribution >= 4 is 68.4 Å². The van der Waals surface area contributed by atoms with Gasteiger partial charge in [0.05, 0.1) is 17.0 Å².